The van der Waals surface area contributed by atoms with Crippen molar-refractivity contribution in [3.63, 3.8) is 0 Å². The van der Waals surface area contributed by atoms with E-state index in [1.807, 2.05) is 0 Å². The number of rotatable bonds is 9. The SMILES string of the molecule is C=C(C)C(=O)O.C=C(C)C(=O)O.CC(O)(CO)C(=O)OCCOC(=O)C(C)(O)CO. The van der Waals surface area contributed by atoms with Gasteiger partial charge in [-0.05, 0) is 27.7 Å². The summed E-state index contributed by atoms with van der Waals surface area (Å²) in [5.41, 5.74) is -3.67. The molecule has 0 aliphatic carbocycles. The number of aliphatic hydroxyl groups excluding tert-OH is 2. The molecule has 0 bridgehead atoms. The lowest BCUT2D eigenvalue weighted by Gasteiger charge is -2.20. The van der Waals surface area contributed by atoms with Crippen LogP contribution in [0.25, 0.3) is 0 Å². The maximum atomic E-state index is 11.1. The molecule has 0 aliphatic heterocycles. The maximum absolute atomic E-state index is 11.1. The van der Waals surface area contributed by atoms with Gasteiger partial charge in [-0.2, -0.15) is 0 Å². The fourth-order valence-electron chi connectivity index (χ4n) is 0.709. The van der Waals surface area contributed by atoms with Crippen LogP contribution in [0.1, 0.15) is 27.7 Å². The van der Waals surface area contributed by atoms with Crippen molar-refractivity contribution in [1.82, 2.24) is 0 Å². The Balaban J connectivity index is -0.000000495. The average Bonchev–Trinajstić information content (AvgIpc) is 2.65. The van der Waals surface area contributed by atoms with Gasteiger partial charge in [-0.1, -0.05) is 13.2 Å². The monoisotopic (exact) mass is 438 g/mol. The van der Waals surface area contributed by atoms with Gasteiger partial charge in [-0.3, -0.25) is 0 Å². The zero-order valence-electron chi connectivity index (χ0n) is 17.4. The van der Waals surface area contributed by atoms with E-state index in [0.717, 1.165) is 13.8 Å². The van der Waals surface area contributed by atoms with Crippen molar-refractivity contribution < 1.29 is 59.3 Å². The summed E-state index contributed by atoms with van der Waals surface area (Å²) in [6.45, 7) is 9.05. The van der Waals surface area contributed by atoms with Crippen molar-refractivity contribution in [3.05, 3.63) is 24.3 Å². The van der Waals surface area contributed by atoms with Crippen LogP contribution in [0.5, 0.6) is 0 Å². The molecular weight excluding hydrogens is 408 g/mol. The number of carbonyl (C=O) groups excluding carboxylic acids is 2. The van der Waals surface area contributed by atoms with E-state index in [-0.39, 0.29) is 24.4 Å². The number of hydrogen-bond acceptors (Lipinski definition) is 10. The predicted molar refractivity (Wildman–Crippen MR) is 102 cm³/mol. The van der Waals surface area contributed by atoms with Gasteiger partial charge in [0.2, 0.25) is 0 Å². The Morgan fingerprint density at radius 1 is 0.733 bits per heavy atom. The first-order chi connectivity index (χ1) is 13.5. The summed E-state index contributed by atoms with van der Waals surface area (Å²) >= 11 is 0. The number of ether oxygens (including phenoxy) is 2. The number of carboxylic acids is 2. The lowest BCUT2D eigenvalue weighted by Crippen LogP contribution is -2.42. The zero-order chi connectivity index (χ0) is 24.7. The van der Waals surface area contributed by atoms with E-state index in [2.05, 4.69) is 22.6 Å². The van der Waals surface area contributed by atoms with Crippen LogP contribution in [0.3, 0.4) is 0 Å². The Labute approximate surface area is 173 Å². The number of hydrogen-bond donors (Lipinski definition) is 6. The predicted octanol–water partition coefficient (Wildman–Crippen LogP) is -1.15. The van der Waals surface area contributed by atoms with Gasteiger partial charge >= 0.3 is 23.9 Å². The molecule has 12 nitrogen and oxygen atoms in total. The van der Waals surface area contributed by atoms with E-state index < -0.39 is 48.3 Å². The first-order valence-corrected chi connectivity index (χ1v) is 8.24. The van der Waals surface area contributed by atoms with Gasteiger partial charge in [-0.15, -0.1) is 0 Å². The molecule has 2 atom stereocenters. The number of aliphatic carboxylic acids is 2. The lowest BCUT2D eigenvalue weighted by molar-refractivity contribution is -0.176. The van der Waals surface area contributed by atoms with Crippen molar-refractivity contribution in [2.75, 3.05) is 26.4 Å². The van der Waals surface area contributed by atoms with Crippen LogP contribution in [0.2, 0.25) is 0 Å². The molecule has 0 radical (unpaired) electrons. The third kappa shape index (κ3) is 16.2. The van der Waals surface area contributed by atoms with Crippen molar-refractivity contribution >= 4 is 23.9 Å². The summed E-state index contributed by atoms with van der Waals surface area (Å²) in [5.74, 6) is -3.99. The van der Waals surface area contributed by atoms with Crippen LogP contribution in [0, 0.1) is 0 Å². The first-order valence-electron chi connectivity index (χ1n) is 8.24. The van der Waals surface area contributed by atoms with Gasteiger partial charge in [0.25, 0.3) is 0 Å². The molecule has 174 valence electrons. The molecule has 30 heavy (non-hydrogen) atoms. The molecule has 12 heteroatoms. The molecule has 0 rings (SSSR count). The fraction of sp³-hybridized carbons (Fsp3) is 0.556. The summed E-state index contributed by atoms with van der Waals surface area (Å²) in [6.07, 6.45) is 0. The van der Waals surface area contributed by atoms with Crippen LogP contribution in [0.4, 0.5) is 0 Å². The highest BCUT2D eigenvalue weighted by atomic mass is 16.6. The number of carbonyl (C=O) groups is 4. The van der Waals surface area contributed by atoms with Gasteiger partial charge in [0.1, 0.15) is 13.2 Å². The van der Waals surface area contributed by atoms with Crippen molar-refractivity contribution in [2.24, 2.45) is 0 Å². The highest BCUT2D eigenvalue weighted by Crippen LogP contribution is 2.06. The van der Waals surface area contributed by atoms with E-state index in [9.17, 15) is 29.4 Å². The van der Waals surface area contributed by atoms with Crippen LogP contribution in [0.15, 0.2) is 24.3 Å². The Morgan fingerprint density at radius 3 is 1.07 bits per heavy atom. The summed E-state index contributed by atoms with van der Waals surface area (Å²) < 4.78 is 9.05. The highest BCUT2D eigenvalue weighted by Gasteiger charge is 2.32. The van der Waals surface area contributed by atoms with Gasteiger partial charge in [0, 0.05) is 11.1 Å². The van der Waals surface area contributed by atoms with Gasteiger partial charge in [0.15, 0.2) is 11.2 Å². The molecule has 0 aliphatic rings. The van der Waals surface area contributed by atoms with Gasteiger partial charge in [0.05, 0.1) is 13.2 Å². The molecule has 0 aromatic rings. The number of esters is 2. The average molecular weight is 438 g/mol. The summed E-state index contributed by atoms with van der Waals surface area (Å²) in [7, 11) is 0. The molecule has 0 heterocycles. The van der Waals surface area contributed by atoms with Crippen molar-refractivity contribution in [2.45, 2.75) is 38.9 Å². The number of carboxylic acid groups (broad SMARTS) is 2. The Bertz CT molecular complexity index is 541. The Kier molecular flexibility index (Phi) is 16.0. The fourth-order valence-corrected chi connectivity index (χ4v) is 0.709. The zero-order valence-corrected chi connectivity index (χ0v) is 17.4. The minimum Gasteiger partial charge on any atom is -0.478 e. The van der Waals surface area contributed by atoms with Crippen LogP contribution >= 0.6 is 0 Å². The summed E-state index contributed by atoms with van der Waals surface area (Å²) in [5, 5.41) is 51.6. The van der Waals surface area contributed by atoms with E-state index in [4.69, 9.17) is 20.4 Å². The molecule has 0 amide bonds. The normalized spacial score (nSPS) is 13.5. The molecule has 0 fully saturated rings. The topological polar surface area (TPSA) is 208 Å². The highest BCUT2D eigenvalue weighted by molar-refractivity contribution is 5.85. The second kappa shape index (κ2) is 15.1. The standard InChI is InChI=1S/C10H18O8.2C4H6O2/c1-9(15,5-11)7(13)17-3-4-18-8(14)10(2,16)6-12;2*1-3(2)4(5)6/h11-12,15-16H,3-6H2,1-2H3;2*1H2,2H3,(H,5,6). The third-order valence-corrected chi connectivity index (χ3v) is 2.78. The Hall–Kier alpha value is -2.80. The third-order valence-electron chi connectivity index (χ3n) is 2.78. The minimum atomic E-state index is -2.01. The second-order valence-electron chi connectivity index (χ2n) is 6.31. The van der Waals surface area contributed by atoms with Crippen molar-refractivity contribution in [1.29, 1.82) is 0 Å². The molecule has 0 spiro atoms. The first kappa shape index (κ1) is 31.9. The van der Waals surface area contributed by atoms with E-state index >= 15 is 0 Å². The summed E-state index contributed by atoms with van der Waals surface area (Å²) in [4.78, 5) is 41.5. The molecule has 0 saturated heterocycles. The minimum absolute atomic E-state index is 0.176. The summed E-state index contributed by atoms with van der Waals surface area (Å²) in [6, 6.07) is 0. The quantitative estimate of drug-likeness (QED) is 0.143. The van der Waals surface area contributed by atoms with Gasteiger partial charge in [-0.25, -0.2) is 19.2 Å². The lowest BCUT2D eigenvalue weighted by atomic mass is 10.1. The van der Waals surface area contributed by atoms with Crippen molar-refractivity contribution in [3.8, 4) is 0 Å². The molecule has 0 saturated carbocycles. The van der Waals surface area contributed by atoms with Gasteiger partial charge < -0.3 is 40.1 Å². The maximum Gasteiger partial charge on any atom is 0.340 e. The van der Waals surface area contributed by atoms with Crippen LogP contribution in [-0.4, -0.2) is 92.1 Å². The second-order valence-corrected chi connectivity index (χ2v) is 6.31. The molecule has 0 aromatic carbocycles. The molecule has 0 aromatic heterocycles. The van der Waals surface area contributed by atoms with E-state index in [1.165, 1.54) is 13.8 Å². The molecule has 6 N–H and O–H groups in total. The van der Waals surface area contributed by atoms with Crippen LogP contribution in [-0.2, 0) is 28.7 Å². The molecular formula is C18H30O12. The number of aliphatic hydroxyl groups is 4. The van der Waals surface area contributed by atoms with Crippen LogP contribution < -0.4 is 0 Å². The molecule has 2 unspecified atom stereocenters. The van der Waals surface area contributed by atoms with E-state index in [0.29, 0.717) is 0 Å². The Morgan fingerprint density at radius 2 is 0.933 bits per heavy atom. The largest absolute Gasteiger partial charge is 0.478 e. The van der Waals surface area contributed by atoms with E-state index in [1.54, 1.807) is 0 Å². The smallest absolute Gasteiger partial charge is 0.340 e.